The van der Waals surface area contributed by atoms with Crippen molar-refractivity contribution in [1.29, 1.82) is 0 Å². The first-order valence-electron chi connectivity index (χ1n) is 5.89. The fraction of sp³-hybridized carbons (Fsp3) is 0.143. The summed E-state index contributed by atoms with van der Waals surface area (Å²) in [7, 11) is 1.26. The third-order valence-electron chi connectivity index (χ3n) is 2.70. The van der Waals surface area contributed by atoms with Gasteiger partial charge in [-0.05, 0) is 36.8 Å². The topological polar surface area (TPSA) is 77.2 Å². The quantitative estimate of drug-likeness (QED) is 0.842. The van der Waals surface area contributed by atoms with Crippen LogP contribution in [-0.4, -0.2) is 18.1 Å². The molecule has 2 rings (SSSR count). The monoisotopic (exact) mass is 275 g/mol. The van der Waals surface area contributed by atoms with E-state index in [0.717, 1.165) is 5.56 Å². The third-order valence-corrected chi connectivity index (χ3v) is 2.70. The van der Waals surface area contributed by atoms with Crippen LogP contribution in [0.4, 0.5) is 21.6 Å². The van der Waals surface area contributed by atoms with Gasteiger partial charge in [-0.1, -0.05) is 6.07 Å². The molecule has 20 heavy (non-hydrogen) atoms. The standard InChI is InChI=1S/C14H14FN3O2/c1-8-3-4-9(15)12(7-8)18-13-10(16)5-6-11(17-13)14(19)20-2/h3-7H,16H2,1-2H3,(H,17,18). The lowest BCUT2D eigenvalue weighted by Gasteiger charge is -2.11. The normalized spacial score (nSPS) is 10.2. The van der Waals surface area contributed by atoms with Gasteiger partial charge in [0.15, 0.2) is 11.5 Å². The number of methoxy groups -OCH3 is 1. The highest BCUT2D eigenvalue weighted by Crippen LogP contribution is 2.24. The number of nitrogens with one attached hydrogen (secondary N) is 1. The highest BCUT2D eigenvalue weighted by atomic mass is 19.1. The number of carbonyl (C=O) groups excluding carboxylic acids is 1. The number of nitrogens with zero attached hydrogens (tertiary/aromatic N) is 1. The second-order valence-electron chi connectivity index (χ2n) is 4.23. The molecular formula is C14H14FN3O2. The Morgan fingerprint density at radius 1 is 1.35 bits per heavy atom. The van der Waals surface area contributed by atoms with Gasteiger partial charge in [-0.2, -0.15) is 0 Å². The van der Waals surface area contributed by atoms with Crippen LogP contribution in [0.15, 0.2) is 30.3 Å². The van der Waals surface area contributed by atoms with Gasteiger partial charge >= 0.3 is 5.97 Å². The first-order chi connectivity index (χ1) is 9.51. The van der Waals surface area contributed by atoms with E-state index < -0.39 is 11.8 Å². The number of carbonyl (C=O) groups is 1. The van der Waals surface area contributed by atoms with Crippen molar-refractivity contribution in [2.24, 2.45) is 0 Å². The molecule has 0 atom stereocenters. The molecule has 0 radical (unpaired) electrons. The number of nitrogens with two attached hydrogens (primary N) is 1. The number of ether oxygens (including phenoxy) is 1. The van der Waals surface area contributed by atoms with E-state index in [1.165, 1.54) is 25.3 Å². The summed E-state index contributed by atoms with van der Waals surface area (Å²) in [5, 5.41) is 2.78. The lowest BCUT2D eigenvalue weighted by atomic mass is 10.2. The van der Waals surface area contributed by atoms with Crippen LogP contribution in [0.2, 0.25) is 0 Å². The average Bonchev–Trinajstić information content (AvgIpc) is 2.44. The summed E-state index contributed by atoms with van der Waals surface area (Å²) in [5.41, 5.74) is 7.29. The predicted molar refractivity (Wildman–Crippen MR) is 74.4 cm³/mol. The Kier molecular flexibility index (Phi) is 3.84. The van der Waals surface area contributed by atoms with Crippen molar-refractivity contribution < 1.29 is 13.9 Å². The Balaban J connectivity index is 2.37. The molecule has 3 N–H and O–H groups in total. The van der Waals surface area contributed by atoms with E-state index in [4.69, 9.17) is 5.73 Å². The molecule has 1 aromatic carbocycles. The number of esters is 1. The van der Waals surface area contributed by atoms with Crippen LogP contribution in [0, 0.1) is 12.7 Å². The zero-order valence-electron chi connectivity index (χ0n) is 11.1. The largest absolute Gasteiger partial charge is 0.464 e. The molecule has 0 amide bonds. The van der Waals surface area contributed by atoms with E-state index in [1.54, 1.807) is 12.1 Å². The first kappa shape index (κ1) is 13.8. The van der Waals surface area contributed by atoms with Gasteiger partial charge in [0.25, 0.3) is 0 Å². The number of pyridine rings is 1. The van der Waals surface area contributed by atoms with Crippen molar-refractivity contribution in [3.63, 3.8) is 0 Å². The maximum atomic E-state index is 13.7. The van der Waals surface area contributed by atoms with Crippen LogP contribution in [0.25, 0.3) is 0 Å². The molecule has 0 saturated heterocycles. The fourth-order valence-electron chi connectivity index (χ4n) is 1.65. The van der Waals surface area contributed by atoms with Gasteiger partial charge < -0.3 is 15.8 Å². The first-order valence-corrected chi connectivity index (χ1v) is 5.89. The molecule has 0 unspecified atom stereocenters. The Bertz CT molecular complexity index is 659. The van der Waals surface area contributed by atoms with Crippen LogP contribution in [0.3, 0.4) is 0 Å². The third kappa shape index (κ3) is 2.85. The van der Waals surface area contributed by atoms with Gasteiger partial charge in [-0.3, -0.25) is 0 Å². The molecule has 2 aromatic rings. The summed E-state index contributed by atoms with van der Waals surface area (Å²) in [6.45, 7) is 1.84. The van der Waals surface area contributed by atoms with E-state index in [2.05, 4.69) is 15.0 Å². The molecule has 0 bridgehead atoms. The fourth-order valence-corrected chi connectivity index (χ4v) is 1.65. The molecule has 1 heterocycles. The van der Waals surface area contributed by atoms with Crippen molar-refractivity contribution in [2.75, 3.05) is 18.2 Å². The summed E-state index contributed by atoms with van der Waals surface area (Å²) < 4.78 is 18.3. The van der Waals surface area contributed by atoms with Crippen LogP contribution in [-0.2, 0) is 4.74 Å². The minimum Gasteiger partial charge on any atom is -0.464 e. The molecule has 1 aromatic heterocycles. The Hall–Kier alpha value is -2.63. The number of anilines is 3. The number of rotatable bonds is 3. The summed E-state index contributed by atoms with van der Waals surface area (Å²) >= 11 is 0. The number of aromatic nitrogens is 1. The summed E-state index contributed by atoms with van der Waals surface area (Å²) in [6.07, 6.45) is 0. The van der Waals surface area contributed by atoms with Crippen molar-refractivity contribution in [3.8, 4) is 0 Å². The van der Waals surface area contributed by atoms with Crippen LogP contribution < -0.4 is 11.1 Å². The maximum Gasteiger partial charge on any atom is 0.356 e. The summed E-state index contributed by atoms with van der Waals surface area (Å²) in [6, 6.07) is 7.58. The lowest BCUT2D eigenvalue weighted by molar-refractivity contribution is 0.0594. The Morgan fingerprint density at radius 3 is 2.80 bits per heavy atom. The smallest absolute Gasteiger partial charge is 0.356 e. The molecule has 104 valence electrons. The van der Waals surface area contributed by atoms with Crippen molar-refractivity contribution in [2.45, 2.75) is 6.92 Å². The Morgan fingerprint density at radius 2 is 2.10 bits per heavy atom. The molecule has 6 heteroatoms. The van der Waals surface area contributed by atoms with Crippen LogP contribution >= 0.6 is 0 Å². The van der Waals surface area contributed by atoms with E-state index in [9.17, 15) is 9.18 Å². The number of benzene rings is 1. The molecule has 0 aliphatic heterocycles. The van der Waals surface area contributed by atoms with Crippen molar-refractivity contribution in [3.05, 3.63) is 47.4 Å². The molecule has 0 spiro atoms. The second kappa shape index (κ2) is 5.56. The average molecular weight is 275 g/mol. The van der Waals surface area contributed by atoms with E-state index in [0.29, 0.717) is 5.69 Å². The van der Waals surface area contributed by atoms with Crippen molar-refractivity contribution in [1.82, 2.24) is 4.98 Å². The molecule has 0 fully saturated rings. The van der Waals surface area contributed by atoms with Crippen LogP contribution in [0.1, 0.15) is 16.1 Å². The van der Waals surface area contributed by atoms with Gasteiger partial charge in [0.05, 0.1) is 18.5 Å². The number of halogens is 1. The van der Waals surface area contributed by atoms with Gasteiger partial charge in [-0.15, -0.1) is 0 Å². The van der Waals surface area contributed by atoms with Gasteiger partial charge in [0.2, 0.25) is 0 Å². The number of hydrogen-bond acceptors (Lipinski definition) is 5. The van der Waals surface area contributed by atoms with E-state index in [1.807, 2.05) is 6.92 Å². The zero-order valence-corrected chi connectivity index (χ0v) is 11.1. The highest BCUT2D eigenvalue weighted by Gasteiger charge is 2.12. The van der Waals surface area contributed by atoms with E-state index in [-0.39, 0.29) is 17.2 Å². The molecule has 5 nitrogen and oxygen atoms in total. The predicted octanol–water partition coefficient (Wildman–Crippen LogP) is 2.64. The van der Waals surface area contributed by atoms with Gasteiger partial charge in [0.1, 0.15) is 5.82 Å². The molecule has 0 aliphatic carbocycles. The summed E-state index contributed by atoms with van der Waals surface area (Å²) in [4.78, 5) is 15.5. The molecular weight excluding hydrogens is 261 g/mol. The molecule has 0 aliphatic rings. The minimum atomic E-state index is -0.585. The minimum absolute atomic E-state index is 0.0947. The summed E-state index contributed by atoms with van der Waals surface area (Å²) in [5.74, 6) is -0.810. The van der Waals surface area contributed by atoms with Gasteiger partial charge in [-0.25, -0.2) is 14.2 Å². The molecule has 0 saturated carbocycles. The maximum absolute atomic E-state index is 13.7. The lowest BCUT2D eigenvalue weighted by Crippen LogP contribution is -2.08. The second-order valence-corrected chi connectivity index (χ2v) is 4.23. The SMILES string of the molecule is COC(=O)c1ccc(N)c(Nc2cc(C)ccc2F)n1. The van der Waals surface area contributed by atoms with Gasteiger partial charge in [0, 0.05) is 0 Å². The zero-order chi connectivity index (χ0) is 14.7. The van der Waals surface area contributed by atoms with Crippen LogP contribution in [0.5, 0.6) is 0 Å². The number of nitrogen functional groups attached to an aromatic ring is 1. The Labute approximate surface area is 115 Å². The number of hydrogen-bond donors (Lipinski definition) is 2. The van der Waals surface area contributed by atoms with E-state index >= 15 is 0 Å². The highest BCUT2D eigenvalue weighted by molar-refractivity contribution is 5.88. The number of aryl methyl sites for hydroxylation is 1. The van der Waals surface area contributed by atoms with Crippen molar-refractivity contribution >= 4 is 23.2 Å².